The molecule has 1 aromatic heterocycles. The molecule has 2 nitrogen and oxygen atoms in total. The van der Waals surface area contributed by atoms with Gasteiger partial charge < -0.3 is 0 Å². The molecule has 5 heteroatoms. The maximum atomic E-state index is 4.15. The fourth-order valence-corrected chi connectivity index (χ4v) is 3.93. The second kappa shape index (κ2) is 3.57. The summed E-state index contributed by atoms with van der Waals surface area (Å²) in [5.41, 5.74) is 0. The molecule has 60 valence electrons. The van der Waals surface area contributed by atoms with Gasteiger partial charge in [-0.15, -0.1) is 10.2 Å². The van der Waals surface area contributed by atoms with Crippen molar-refractivity contribution in [1.82, 2.24) is 10.2 Å². The minimum absolute atomic E-state index is 0.695. The average Bonchev–Trinajstić information content (AvgIpc) is 2.55. The van der Waals surface area contributed by atoms with Gasteiger partial charge in [0.25, 0.3) is 0 Å². The number of nitrogens with zero attached hydrogens (tertiary/aromatic N) is 2. The molecule has 1 unspecified atom stereocenters. The Kier molecular flexibility index (Phi) is 2.68. The van der Waals surface area contributed by atoms with Gasteiger partial charge in [0.1, 0.15) is 5.01 Å². The van der Waals surface area contributed by atoms with Crippen molar-refractivity contribution in [2.75, 3.05) is 11.5 Å². The van der Waals surface area contributed by atoms with Crippen LogP contribution in [0.15, 0.2) is 0 Å². The third-order valence-corrected chi connectivity index (χ3v) is 4.61. The standard InChI is InChI=1S/C6H7IN2S2/c7-6-9-8-5(11-6)4-1-2-10-3-4/h4H,1-3H2. The summed E-state index contributed by atoms with van der Waals surface area (Å²) in [5, 5.41) is 9.39. The fraction of sp³-hybridized carbons (Fsp3) is 0.667. The molecule has 0 aromatic carbocycles. The molecule has 0 saturated carbocycles. The largest absolute Gasteiger partial charge is 0.178 e. The zero-order valence-corrected chi connectivity index (χ0v) is 9.58. The Bertz CT molecular complexity index is 244. The molecular weight excluding hydrogens is 291 g/mol. The summed E-state index contributed by atoms with van der Waals surface area (Å²) < 4.78 is 1.06. The molecule has 1 atom stereocenters. The molecule has 0 amide bonds. The third kappa shape index (κ3) is 1.86. The minimum atomic E-state index is 0.695. The van der Waals surface area contributed by atoms with Gasteiger partial charge >= 0.3 is 0 Å². The van der Waals surface area contributed by atoms with E-state index in [0.717, 1.165) is 3.01 Å². The number of aromatic nitrogens is 2. The third-order valence-electron chi connectivity index (χ3n) is 1.69. The Morgan fingerprint density at radius 2 is 2.36 bits per heavy atom. The summed E-state index contributed by atoms with van der Waals surface area (Å²) in [4.78, 5) is 0. The average molecular weight is 298 g/mol. The molecule has 1 saturated heterocycles. The van der Waals surface area contributed by atoms with E-state index in [-0.39, 0.29) is 0 Å². The van der Waals surface area contributed by atoms with Crippen LogP contribution >= 0.6 is 45.7 Å². The highest BCUT2D eigenvalue weighted by molar-refractivity contribution is 14.1. The Morgan fingerprint density at radius 1 is 1.45 bits per heavy atom. The van der Waals surface area contributed by atoms with Crippen molar-refractivity contribution >= 4 is 45.7 Å². The van der Waals surface area contributed by atoms with Crippen molar-refractivity contribution in [3.8, 4) is 0 Å². The van der Waals surface area contributed by atoms with Crippen molar-refractivity contribution in [2.45, 2.75) is 12.3 Å². The van der Waals surface area contributed by atoms with Crippen molar-refractivity contribution in [1.29, 1.82) is 0 Å². The van der Waals surface area contributed by atoms with E-state index in [0.29, 0.717) is 5.92 Å². The lowest BCUT2D eigenvalue weighted by atomic mass is 10.1. The van der Waals surface area contributed by atoms with Crippen LogP contribution in [0.5, 0.6) is 0 Å². The van der Waals surface area contributed by atoms with Crippen molar-refractivity contribution in [3.05, 3.63) is 8.02 Å². The predicted octanol–water partition coefficient (Wildman–Crippen LogP) is 2.36. The van der Waals surface area contributed by atoms with Crippen LogP contribution in [0.3, 0.4) is 0 Å². The maximum Gasteiger partial charge on any atom is 0.178 e. The smallest absolute Gasteiger partial charge is 0.161 e. The first kappa shape index (κ1) is 8.25. The van der Waals surface area contributed by atoms with Crippen LogP contribution in [0.2, 0.25) is 0 Å². The van der Waals surface area contributed by atoms with E-state index in [1.807, 2.05) is 11.8 Å². The summed E-state index contributed by atoms with van der Waals surface area (Å²) >= 11 is 5.98. The molecule has 0 radical (unpaired) electrons. The van der Waals surface area contributed by atoms with E-state index in [4.69, 9.17) is 0 Å². The fourth-order valence-electron chi connectivity index (χ4n) is 1.11. The van der Waals surface area contributed by atoms with Crippen molar-refractivity contribution in [3.63, 3.8) is 0 Å². The van der Waals surface area contributed by atoms with Crippen LogP contribution in [-0.4, -0.2) is 21.7 Å². The Labute approximate surface area is 87.3 Å². The molecule has 2 rings (SSSR count). The van der Waals surface area contributed by atoms with Gasteiger partial charge in [-0.05, 0) is 34.8 Å². The highest BCUT2D eigenvalue weighted by Crippen LogP contribution is 2.33. The topological polar surface area (TPSA) is 25.8 Å². The molecule has 1 aromatic rings. The van der Waals surface area contributed by atoms with Gasteiger partial charge in [-0.3, -0.25) is 0 Å². The molecule has 0 spiro atoms. The van der Waals surface area contributed by atoms with Crippen molar-refractivity contribution in [2.24, 2.45) is 0 Å². The van der Waals surface area contributed by atoms with Crippen LogP contribution in [0.1, 0.15) is 17.3 Å². The quantitative estimate of drug-likeness (QED) is 0.744. The monoisotopic (exact) mass is 298 g/mol. The number of halogens is 1. The molecule has 0 N–H and O–H groups in total. The summed E-state index contributed by atoms with van der Waals surface area (Å²) in [6.07, 6.45) is 1.29. The van der Waals surface area contributed by atoms with Gasteiger partial charge in [0.2, 0.25) is 0 Å². The van der Waals surface area contributed by atoms with E-state index in [1.54, 1.807) is 11.3 Å². The lowest BCUT2D eigenvalue weighted by Crippen LogP contribution is -1.94. The van der Waals surface area contributed by atoms with Gasteiger partial charge in [0, 0.05) is 11.7 Å². The SMILES string of the molecule is Ic1nnc(C2CCSC2)s1. The van der Waals surface area contributed by atoms with E-state index in [2.05, 4.69) is 32.8 Å². The number of hydrogen-bond donors (Lipinski definition) is 0. The van der Waals surface area contributed by atoms with E-state index >= 15 is 0 Å². The Balaban J connectivity index is 2.15. The molecular formula is C6H7IN2S2. The zero-order chi connectivity index (χ0) is 7.68. The lowest BCUT2D eigenvalue weighted by Gasteiger charge is -1.99. The molecule has 1 aliphatic rings. The predicted molar refractivity (Wildman–Crippen MR) is 57.3 cm³/mol. The second-order valence-electron chi connectivity index (χ2n) is 2.45. The summed E-state index contributed by atoms with van der Waals surface area (Å²) in [7, 11) is 0. The first-order valence-electron chi connectivity index (χ1n) is 3.43. The first-order chi connectivity index (χ1) is 5.36. The number of rotatable bonds is 1. The molecule has 2 heterocycles. The Hall–Kier alpha value is 0.640. The zero-order valence-electron chi connectivity index (χ0n) is 5.79. The molecule has 1 aliphatic heterocycles. The van der Waals surface area contributed by atoms with Crippen LogP contribution in [-0.2, 0) is 0 Å². The molecule has 0 aliphatic carbocycles. The van der Waals surface area contributed by atoms with Gasteiger partial charge in [-0.25, -0.2) is 0 Å². The maximum absolute atomic E-state index is 4.15. The van der Waals surface area contributed by atoms with Crippen molar-refractivity contribution < 1.29 is 0 Å². The first-order valence-corrected chi connectivity index (χ1v) is 6.48. The molecule has 0 bridgehead atoms. The van der Waals surface area contributed by atoms with Gasteiger partial charge in [-0.2, -0.15) is 11.8 Å². The summed E-state index contributed by atoms with van der Waals surface area (Å²) in [6.45, 7) is 0. The number of thioether (sulfide) groups is 1. The van der Waals surface area contributed by atoms with Gasteiger partial charge in [0.05, 0.1) is 0 Å². The second-order valence-corrected chi connectivity index (χ2v) is 6.37. The summed E-state index contributed by atoms with van der Waals surface area (Å²) in [5.74, 6) is 3.23. The van der Waals surface area contributed by atoms with Crippen LogP contribution in [0.25, 0.3) is 0 Å². The highest BCUT2D eigenvalue weighted by Gasteiger charge is 2.20. The molecule has 1 fully saturated rings. The molecule has 11 heavy (non-hydrogen) atoms. The van der Waals surface area contributed by atoms with Crippen LogP contribution in [0, 0.1) is 3.01 Å². The van der Waals surface area contributed by atoms with E-state index < -0.39 is 0 Å². The van der Waals surface area contributed by atoms with Crippen LogP contribution < -0.4 is 0 Å². The van der Waals surface area contributed by atoms with E-state index in [9.17, 15) is 0 Å². The Morgan fingerprint density at radius 3 is 2.91 bits per heavy atom. The minimum Gasteiger partial charge on any atom is -0.161 e. The van der Waals surface area contributed by atoms with Crippen LogP contribution in [0.4, 0.5) is 0 Å². The van der Waals surface area contributed by atoms with Gasteiger partial charge in [0.15, 0.2) is 3.01 Å². The van der Waals surface area contributed by atoms with E-state index in [1.165, 1.54) is 22.9 Å². The number of hydrogen-bond acceptors (Lipinski definition) is 4. The summed E-state index contributed by atoms with van der Waals surface area (Å²) in [6, 6.07) is 0. The normalized spacial score (nSPS) is 24.3. The lowest BCUT2D eigenvalue weighted by molar-refractivity contribution is 0.757. The van der Waals surface area contributed by atoms with Gasteiger partial charge in [-0.1, -0.05) is 11.3 Å². The highest BCUT2D eigenvalue weighted by atomic mass is 127.